The van der Waals surface area contributed by atoms with Crippen molar-refractivity contribution in [3.63, 3.8) is 0 Å². The van der Waals surface area contributed by atoms with Crippen molar-refractivity contribution in [3.05, 3.63) is 18.0 Å². The van der Waals surface area contributed by atoms with Gasteiger partial charge in [-0.1, -0.05) is 0 Å². The van der Waals surface area contributed by atoms with Crippen molar-refractivity contribution in [1.29, 1.82) is 0 Å². The van der Waals surface area contributed by atoms with E-state index < -0.39 is 10.0 Å². The van der Waals surface area contributed by atoms with Crippen LogP contribution in [0, 0.1) is 5.92 Å². The largest absolute Gasteiger partial charge is 0.381 e. The summed E-state index contributed by atoms with van der Waals surface area (Å²) in [6, 6.07) is 1.63. The Labute approximate surface area is 126 Å². The lowest BCUT2D eigenvalue weighted by atomic mass is 10.4. The summed E-state index contributed by atoms with van der Waals surface area (Å²) in [5.74, 6) is 0.741. The van der Waals surface area contributed by atoms with Gasteiger partial charge in [0.2, 0.25) is 10.0 Å². The molecule has 1 saturated carbocycles. The van der Waals surface area contributed by atoms with Gasteiger partial charge in [0.25, 0.3) is 0 Å². The molecule has 0 aromatic carbocycles. The summed E-state index contributed by atoms with van der Waals surface area (Å²) in [6.07, 6.45) is 4.85. The normalized spacial score (nSPS) is 15.5. The van der Waals surface area contributed by atoms with Gasteiger partial charge >= 0.3 is 0 Å². The first-order chi connectivity index (χ1) is 10.1. The molecule has 0 radical (unpaired) electrons. The van der Waals surface area contributed by atoms with E-state index in [4.69, 9.17) is 10.5 Å². The number of nitrogens with two attached hydrogens (primary N) is 1. The second-order valence-electron chi connectivity index (χ2n) is 5.43. The third kappa shape index (κ3) is 4.81. The maximum Gasteiger partial charge on any atom is 0.242 e. The summed E-state index contributed by atoms with van der Waals surface area (Å²) < 4.78 is 34.3. The van der Waals surface area contributed by atoms with Crippen LogP contribution in [0.1, 0.15) is 31.9 Å². The van der Waals surface area contributed by atoms with Crippen LogP contribution in [0.2, 0.25) is 0 Å². The van der Waals surface area contributed by atoms with Gasteiger partial charge in [-0.2, -0.15) is 0 Å². The lowest BCUT2D eigenvalue weighted by molar-refractivity contribution is 0.123. The summed E-state index contributed by atoms with van der Waals surface area (Å²) in [6.45, 7) is 4.80. The molecule has 0 atom stereocenters. The first-order valence-electron chi connectivity index (χ1n) is 7.53. The van der Waals surface area contributed by atoms with Crippen molar-refractivity contribution in [2.24, 2.45) is 11.7 Å². The van der Waals surface area contributed by atoms with E-state index in [0.717, 1.165) is 18.2 Å². The zero-order valence-corrected chi connectivity index (χ0v) is 13.4. The molecule has 1 aliphatic rings. The van der Waals surface area contributed by atoms with Crippen LogP contribution in [0.15, 0.2) is 17.2 Å². The summed E-state index contributed by atoms with van der Waals surface area (Å²) >= 11 is 0. The van der Waals surface area contributed by atoms with Gasteiger partial charge < -0.3 is 15.0 Å². The summed E-state index contributed by atoms with van der Waals surface area (Å²) in [7, 11) is -3.46. The molecule has 7 heteroatoms. The Morgan fingerprint density at radius 3 is 2.81 bits per heavy atom. The molecule has 21 heavy (non-hydrogen) atoms. The van der Waals surface area contributed by atoms with E-state index in [2.05, 4.69) is 4.72 Å². The molecule has 2 rings (SSSR count). The zero-order valence-electron chi connectivity index (χ0n) is 12.5. The van der Waals surface area contributed by atoms with Crippen molar-refractivity contribution in [2.45, 2.75) is 44.2 Å². The van der Waals surface area contributed by atoms with Gasteiger partial charge in [0, 0.05) is 44.7 Å². The SMILES string of the molecule is CCn1cc(S(=O)(=O)NCCCOCC2CC2)cc1CN. The Morgan fingerprint density at radius 2 is 2.24 bits per heavy atom. The number of hydrogen-bond acceptors (Lipinski definition) is 4. The Hall–Kier alpha value is -0.890. The summed E-state index contributed by atoms with van der Waals surface area (Å²) in [4.78, 5) is 0.281. The summed E-state index contributed by atoms with van der Waals surface area (Å²) in [5, 5.41) is 0. The third-order valence-electron chi connectivity index (χ3n) is 3.63. The lowest BCUT2D eigenvalue weighted by Crippen LogP contribution is -2.25. The quantitative estimate of drug-likeness (QED) is 0.632. The number of aryl methyl sites for hydroxylation is 1. The van der Waals surface area contributed by atoms with Crippen molar-refractivity contribution in [3.8, 4) is 0 Å². The van der Waals surface area contributed by atoms with Crippen LogP contribution in [0.25, 0.3) is 0 Å². The number of nitrogens with zero attached hydrogens (tertiary/aromatic N) is 1. The van der Waals surface area contributed by atoms with E-state index >= 15 is 0 Å². The second kappa shape index (κ2) is 7.40. The molecule has 3 N–H and O–H groups in total. The topological polar surface area (TPSA) is 86.3 Å². The van der Waals surface area contributed by atoms with Crippen molar-refractivity contribution >= 4 is 10.0 Å². The van der Waals surface area contributed by atoms with E-state index in [1.165, 1.54) is 12.8 Å². The van der Waals surface area contributed by atoms with E-state index in [1.807, 2.05) is 11.5 Å². The fourth-order valence-corrected chi connectivity index (χ4v) is 3.27. The predicted octanol–water partition coefficient (Wildman–Crippen LogP) is 1.06. The lowest BCUT2D eigenvalue weighted by Gasteiger charge is -2.05. The van der Waals surface area contributed by atoms with Crippen molar-refractivity contribution in [2.75, 3.05) is 19.8 Å². The highest BCUT2D eigenvalue weighted by Gasteiger charge is 2.21. The van der Waals surface area contributed by atoms with Gasteiger partial charge in [0.05, 0.1) is 4.90 Å². The van der Waals surface area contributed by atoms with Crippen LogP contribution in [-0.4, -0.2) is 32.7 Å². The molecule has 0 spiro atoms. The van der Waals surface area contributed by atoms with Gasteiger partial charge in [-0.05, 0) is 38.2 Å². The standard InChI is InChI=1S/C14H25N3O3S/c1-2-17-10-14(8-13(17)9-15)21(18,19)16-6-3-7-20-11-12-4-5-12/h8,10,12,16H,2-7,9,11,15H2,1H3. The molecule has 0 unspecified atom stereocenters. The molecule has 1 aromatic rings. The van der Waals surface area contributed by atoms with Gasteiger partial charge in [-0.15, -0.1) is 0 Å². The first-order valence-corrected chi connectivity index (χ1v) is 9.01. The molecule has 1 aliphatic carbocycles. The second-order valence-corrected chi connectivity index (χ2v) is 7.19. The Morgan fingerprint density at radius 1 is 1.48 bits per heavy atom. The molecule has 1 aromatic heterocycles. The molecule has 0 amide bonds. The fourth-order valence-electron chi connectivity index (χ4n) is 2.14. The van der Waals surface area contributed by atoms with Crippen LogP contribution in [0.5, 0.6) is 0 Å². The highest BCUT2D eigenvalue weighted by Crippen LogP contribution is 2.28. The minimum absolute atomic E-state index is 0.281. The number of hydrogen-bond donors (Lipinski definition) is 2. The van der Waals surface area contributed by atoms with E-state index in [0.29, 0.717) is 32.7 Å². The van der Waals surface area contributed by atoms with Gasteiger partial charge in [-0.3, -0.25) is 0 Å². The molecule has 0 aliphatic heterocycles. The zero-order chi connectivity index (χ0) is 15.3. The van der Waals surface area contributed by atoms with E-state index in [9.17, 15) is 8.42 Å². The number of ether oxygens (including phenoxy) is 1. The van der Waals surface area contributed by atoms with Crippen LogP contribution < -0.4 is 10.5 Å². The minimum Gasteiger partial charge on any atom is -0.381 e. The van der Waals surface area contributed by atoms with Crippen molar-refractivity contribution < 1.29 is 13.2 Å². The number of sulfonamides is 1. The Bertz CT molecular complexity index is 528. The molecule has 120 valence electrons. The molecule has 1 fully saturated rings. The maximum atomic E-state index is 12.2. The third-order valence-corrected chi connectivity index (χ3v) is 5.06. The van der Waals surface area contributed by atoms with Crippen LogP contribution in [0.4, 0.5) is 0 Å². The average molecular weight is 315 g/mol. The number of aromatic nitrogens is 1. The minimum atomic E-state index is -3.46. The highest BCUT2D eigenvalue weighted by atomic mass is 32.2. The molecule has 0 saturated heterocycles. The van der Waals surface area contributed by atoms with Crippen LogP contribution in [-0.2, 0) is 27.8 Å². The smallest absolute Gasteiger partial charge is 0.242 e. The van der Waals surface area contributed by atoms with E-state index in [-0.39, 0.29) is 4.90 Å². The van der Waals surface area contributed by atoms with Crippen LogP contribution in [0.3, 0.4) is 0 Å². The van der Waals surface area contributed by atoms with Crippen LogP contribution >= 0.6 is 0 Å². The van der Waals surface area contributed by atoms with E-state index in [1.54, 1.807) is 12.3 Å². The first kappa shape index (κ1) is 16.5. The predicted molar refractivity (Wildman–Crippen MR) is 81.3 cm³/mol. The Balaban J connectivity index is 1.78. The summed E-state index contributed by atoms with van der Waals surface area (Å²) in [5.41, 5.74) is 6.44. The highest BCUT2D eigenvalue weighted by molar-refractivity contribution is 7.89. The van der Waals surface area contributed by atoms with Gasteiger partial charge in [0.15, 0.2) is 0 Å². The molecule has 0 bridgehead atoms. The van der Waals surface area contributed by atoms with Gasteiger partial charge in [0.1, 0.15) is 0 Å². The van der Waals surface area contributed by atoms with Gasteiger partial charge in [-0.25, -0.2) is 13.1 Å². The molecule has 1 heterocycles. The van der Waals surface area contributed by atoms with Crippen molar-refractivity contribution in [1.82, 2.24) is 9.29 Å². The molecule has 6 nitrogen and oxygen atoms in total. The molecular formula is C14H25N3O3S. The maximum absolute atomic E-state index is 12.2. The number of rotatable bonds is 10. The molecular weight excluding hydrogens is 290 g/mol. The fraction of sp³-hybridized carbons (Fsp3) is 0.714. The number of nitrogens with one attached hydrogen (secondary N) is 1. The monoisotopic (exact) mass is 315 g/mol. The Kier molecular flexibility index (Phi) is 5.80. The average Bonchev–Trinajstić information content (AvgIpc) is 3.18.